The van der Waals surface area contributed by atoms with E-state index >= 15 is 0 Å². The van der Waals surface area contributed by atoms with Crippen molar-refractivity contribution in [1.82, 2.24) is 4.90 Å². The van der Waals surface area contributed by atoms with Crippen LogP contribution in [0.15, 0.2) is 133 Å². The number of ketones is 1. The number of allylic oxidation sites excluding steroid dienone is 1. The second-order valence-electron chi connectivity index (χ2n) is 9.04. The monoisotopic (exact) mass is 501 g/mol. The van der Waals surface area contributed by atoms with E-state index in [1.54, 1.807) is 6.08 Å². The van der Waals surface area contributed by atoms with Crippen LogP contribution in [0.25, 0.3) is 6.08 Å². The summed E-state index contributed by atoms with van der Waals surface area (Å²) in [6, 6.07) is 35.3. The molecular weight excluding hydrogens is 474 g/mol. The number of benzene rings is 4. The summed E-state index contributed by atoms with van der Waals surface area (Å²) in [6.07, 6.45) is 3.09. The molecule has 1 heterocycles. The second kappa shape index (κ2) is 11.4. The van der Waals surface area contributed by atoms with Crippen molar-refractivity contribution in [1.29, 1.82) is 0 Å². The molecule has 0 aromatic heterocycles. The molecule has 188 valence electrons. The van der Waals surface area contributed by atoms with Gasteiger partial charge in [-0.1, -0.05) is 109 Å². The van der Waals surface area contributed by atoms with E-state index in [4.69, 9.17) is 4.74 Å². The maximum atomic E-state index is 13.4. The van der Waals surface area contributed by atoms with Gasteiger partial charge in [0, 0.05) is 6.54 Å². The van der Waals surface area contributed by atoms with Gasteiger partial charge in [0.05, 0.1) is 11.6 Å². The lowest BCUT2D eigenvalue weighted by atomic mass is 9.95. The highest BCUT2D eigenvalue weighted by molar-refractivity contribution is 6.14. The van der Waals surface area contributed by atoms with Crippen LogP contribution in [0, 0.1) is 0 Å². The third kappa shape index (κ3) is 5.57. The maximum Gasteiger partial charge on any atom is 0.290 e. The van der Waals surface area contributed by atoms with Crippen LogP contribution in [0.4, 0.5) is 0 Å². The van der Waals surface area contributed by atoms with Gasteiger partial charge in [0.2, 0.25) is 0 Å². The highest BCUT2D eigenvalue weighted by Gasteiger charge is 2.43. The molecule has 0 spiro atoms. The van der Waals surface area contributed by atoms with Crippen molar-refractivity contribution in [3.63, 3.8) is 0 Å². The molecule has 5 heteroatoms. The van der Waals surface area contributed by atoms with E-state index in [2.05, 4.69) is 0 Å². The third-order valence-electron chi connectivity index (χ3n) is 6.41. The first-order valence-corrected chi connectivity index (χ1v) is 12.4. The SMILES string of the molecule is O=C(/C=C/c1ccccc1)C1=C(O)C(=O)N(Cc2ccccc2)C1c1cccc(OCc2ccccc2)c1. The molecule has 0 fully saturated rings. The first-order chi connectivity index (χ1) is 18.6. The van der Waals surface area contributed by atoms with E-state index in [1.165, 1.54) is 11.0 Å². The fourth-order valence-corrected chi connectivity index (χ4v) is 4.54. The van der Waals surface area contributed by atoms with Gasteiger partial charge in [0.25, 0.3) is 5.91 Å². The van der Waals surface area contributed by atoms with E-state index in [9.17, 15) is 14.7 Å². The van der Waals surface area contributed by atoms with Crippen LogP contribution in [0.3, 0.4) is 0 Å². The number of rotatable bonds is 9. The molecule has 1 unspecified atom stereocenters. The number of carbonyl (C=O) groups is 2. The molecule has 4 aromatic carbocycles. The quantitative estimate of drug-likeness (QED) is 0.268. The number of ether oxygens (including phenoxy) is 1. The molecule has 0 saturated carbocycles. The molecule has 0 radical (unpaired) electrons. The molecule has 1 aliphatic rings. The minimum absolute atomic E-state index is 0.0540. The first-order valence-electron chi connectivity index (χ1n) is 12.4. The topological polar surface area (TPSA) is 66.8 Å². The molecule has 38 heavy (non-hydrogen) atoms. The zero-order chi connectivity index (χ0) is 26.3. The van der Waals surface area contributed by atoms with Gasteiger partial charge < -0.3 is 14.7 Å². The number of nitrogens with zero attached hydrogens (tertiary/aromatic N) is 1. The van der Waals surface area contributed by atoms with Crippen LogP contribution in [-0.2, 0) is 22.7 Å². The zero-order valence-electron chi connectivity index (χ0n) is 20.7. The predicted octanol–water partition coefficient (Wildman–Crippen LogP) is 6.44. The second-order valence-corrected chi connectivity index (χ2v) is 9.04. The van der Waals surface area contributed by atoms with Crippen molar-refractivity contribution < 1.29 is 19.4 Å². The first kappa shape index (κ1) is 24.8. The minimum Gasteiger partial charge on any atom is -0.503 e. The molecule has 0 saturated heterocycles. The summed E-state index contributed by atoms with van der Waals surface area (Å²) in [6.45, 7) is 0.622. The van der Waals surface area contributed by atoms with Gasteiger partial charge in [-0.2, -0.15) is 0 Å². The number of hydrogen-bond donors (Lipinski definition) is 1. The summed E-state index contributed by atoms with van der Waals surface area (Å²) in [4.78, 5) is 28.3. The molecule has 4 aromatic rings. The zero-order valence-corrected chi connectivity index (χ0v) is 20.7. The van der Waals surface area contributed by atoms with Crippen molar-refractivity contribution in [3.8, 4) is 5.75 Å². The Morgan fingerprint density at radius 3 is 2.13 bits per heavy atom. The predicted molar refractivity (Wildman–Crippen MR) is 147 cm³/mol. The summed E-state index contributed by atoms with van der Waals surface area (Å²) < 4.78 is 6.02. The van der Waals surface area contributed by atoms with Crippen LogP contribution in [0.5, 0.6) is 5.75 Å². The Morgan fingerprint density at radius 2 is 1.45 bits per heavy atom. The number of aliphatic hydroxyl groups is 1. The molecular formula is C33H27NO4. The molecule has 0 aliphatic carbocycles. The molecule has 1 amide bonds. The molecule has 1 N–H and O–H groups in total. The number of carbonyl (C=O) groups excluding carboxylic acids is 2. The maximum absolute atomic E-state index is 13.4. The molecule has 5 rings (SSSR count). The van der Waals surface area contributed by atoms with E-state index in [1.807, 2.05) is 115 Å². The fourth-order valence-electron chi connectivity index (χ4n) is 4.54. The van der Waals surface area contributed by atoms with Crippen LogP contribution in [0.1, 0.15) is 28.3 Å². The van der Waals surface area contributed by atoms with Crippen LogP contribution >= 0.6 is 0 Å². The van der Waals surface area contributed by atoms with Crippen molar-refractivity contribution in [3.05, 3.63) is 155 Å². The lowest BCUT2D eigenvalue weighted by molar-refractivity contribution is -0.130. The van der Waals surface area contributed by atoms with Gasteiger partial charge in [0.1, 0.15) is 12.4 Å². The van der Waals surface area contributed by atoms with Crippen LogP contribution < -0.4 is 4.74 Å². The van der Waals surface area contributed by atoms with Gasteiger partial charge in [-0.3, -0.25) is 9.59 Å². The average molecular weight is 502 g/mol. The number of aliphatic hydroxyl groups excluding tert-OH is 1. The Hall–Kier alpha value is -4.90. The normalized spacial score (nSPS) is 15.3. The smallest absolute Gasteiger partial charge is 0.290 e. The Bertz CT molecular complexity index is 1480. The molecule has 0 bridgehead atoms. The van der Waals surface area contributed by atoms with Gasteiger partial charge in [-0.15, -0.1) is 0 Å². The highest BCUT2D eigenvalue weighted by atomic mass is 16.5. The lowest BCUT2D eigenvalue weighted by Crippen LogP contribution is -2.30. The lowest BCUT2D eigenvalue weighted by Gasteiger charge is -2.27. The Balaban J connectivity index is 1.48. The number of hydrogen-bond acceptors (Lipinski definition) is 4. The summed E-state index contributed by atoms with van der Waals surface area (Å²) in [7, 11) is 0. The van der Waals surface area contributed by atoms with Gasteiger partial charge in [-0.25, -0.2) is 0 Å². The Kier molecular flexibility index (Phi) is 7.46. The summed E-state index contributed by atoms with van der Waals surface area (Å²) in [5.41, 5.74) is 3.50. The van der Waals surface area contributed by atoms with Crippen molar-refractivity contribution >= 4 is 17.8 Å². The standard InChI is InChI=1S/C33H27NO4/c35-29(20-19-24-11-4-1-5-12-24)30-31(34(33(37)32(30)36)22-25-13-6-2-7-14-25)27-17-10-18-28(21-27)38-23-26-15-8-3-9-16-26/h1-21,31,36H,22-23H2/b20-19+. The Labute approximate surface area is 221 Å². The average Bonchev–Trinajstić information content (AvgIpc) is 3.21. The summed E-state index contributed by atoms with van der Waals surface area (Å²) in [5.74, 6) is -0.914. The van der Waals surface area contributed by atoms with Crippen molar-refractivity contribution in [2.45, 2.75) is 19.2 Å². The van der Waals surface area contributed by atoms with E-state index in [0.29, 0.717) is 17.9 Å². The largest absolute Gasteiger partial charge is 0.503 e. The van der Waals surface area contributed by atoms with E-state index in [-0.39, 0.29) is 12.1 Å². The van der Waals surface area contributed by atoms with Gasteiger partial charge >= 0.3 is 0 Å². The van der Waals surface area contributed by atoms with E-state index in [0.717, 1.165) is 16.7 Å². The number of amides is 1. The van der Waals surface area contributed by atoms with E-state index < -0.39 is 23.5 Å². The van der Waals surface area contributed by atoms with Crippen LogP contribution in [0.2, 0.25) is 0 Å². The molecule has 5 nitrogen and oxygen atoms in total. The molecule has 1 aliphatic heterocycles. The van der Waals surface area contributed by atoms with Crippen LogP contribution in [-0.4, -0.2) is 21.7 Å². The third-order valence-corrected chi connectivity index (χ3v) is 6.41. The van der Waals surface area contributed by atoms with Crippen molar-refractivity contribution in [2.75, 3.05) is 0 Å². The summed E-state index contributed by atoms with van der Waals surface area (Å²) >= 11 is 0. The highest BCUT2D eigenvalue weighted by Crippen LogP contribution is 2.40. The summed E-state index contributed by atoms with van der Waals surface area (Å²) in [5, 5.41) is 10.9. The minimum atomic E-state index is -0.768. The van der Waals surface area contributed by atoms with Crippen molar-refractivity contribution in [2.24, 2.45) is 0 Å². The fraction of sp³-hybridized carbons (Fsp3) is 0.0909. The molecule has 1 atom stereocenters. The van der Waals surface area contributed by atoms with Gasteiger partial charge in [0.15, 0.2) is 11.5 Å². The Morgan fingerprint density at radius 1 is 0.816 bits per heavy atom. The van der Waals surface area contributed by atoms with Gasteiger partial charge in [-0.05, 0) is 40.5 Å².